The van der Waals surface area contributed by atoms with Crippen molar-refractivity contribution >= 4 is 11.6 Å². The maximum absolute atomic E-state index is 12.2. The highest BCUT2D eigenvalue weighted by atomic mass is 16.2. The number of hydrogen-bond acceptors (Lipinski definition) is 4. The van der Waals surface area contributed by atoms with Crippen molar-refractivity contribution < 1.29 is 4.79 Å². The number of aryl methyl sites for hydroxylation is 3. The van der Waals surface area contributed by atoms with Crippen LogP contribution in [0.5, 0.6) is 0 Å². The van der Waals surface area contributed by atoms with Crippen molar-refractivity contribution in [3.05, 3.63) is 69.5 Å². The first-order chi connectivity index (χ1) is 11.4. The smallest absolute Gasteiger partial charge is 0.261 e. The summed E-state index contributed by atoms with van der Waals surface area (Å²) in [5, 5.41) is 7.03. The second-order valence-electron chi connectivity index (χ2n) is 5.58. The zero-order chi connectivity index (χ0) is 17.3. The molecule has 0 aromatic carbocycles. The van der Waals surface area contributed by atoms with Crippen LogP contribution in [0, 0.1) is 20.8 Å². The molecule has 0 aliphatic carbocycles. The fraction of sp³-hybridized carbons (Fsp3) is 0.176. The van der Waals surface area contributed by atoms with E-state index in [0.29, 0.717) is 17.2 Å². The number of anilines is 1. The van der Waals surface area contributed by atoms with E-state index in [0.717, 1.165) is 11.4 Å². The molecule has 0 radical (unpaired) electrons. The van der Waals surface area contributed by atoms with Crippen LogP contribution in [-0.2, 0) is 0 Å². The van der Waals surface area contributed by atoms with E-state index in [-0.39, 0.29) is 5.56 Å². The van der Waals surface area contributed by atoms with E-state index >= 15 is 0 Å². The third-order valence-electron chi connectivity index (χ3n) is 3.53. The maximum atomic E-state index is 12.2. The third kappa shape index (κ3) is 3.10. The molecule has 7 heteroatoms. The number of aromatic amines is 1. The molecular weight excluding hydrogens is 306 g/mol. The Morgan fingerprint density at radius 2 is 1.96 bits per heavy atom. The van der Waals surface area contributed by atoms with Crippen LogP contribution in [0.4, 0.5) is 5.69 Å². The normalized spacial score (nSPS) is 10.6. The molecule has 0 bridgehead atoms. The van der Waals surface area contributed by atoms with Crippen molar-refractivity contribution in [1.29, 1.82) is 0 Å². The predicted octanol–water partition coefficient (Wildman–Crippen LogP) is 2.13. The lowest BCUT2D eigenvalue weighted by atomic mass is 10.2. The number of aromatic nitrogens is 4. The van der Waals surface area contributed by atoms with E-state index in [1.54, 1.807) is 29.8 Å². The molecule has 3 aromatic rings. The van der Waals surface area contributed by atoms with E-state index in [1.807, 2.05) is 19.9 Å². The van der Waals surface area contributed by atoms with Crippen LogP contribution in [0.25, 0.3) is 5.82 Å². The number of hydrogen-bond donors (Lipinski definition) is 2. The molecule has 3 heterocycles. The number of carbonyl (C=O) groups is 1. The van der Waals surface area contributed by atoms with E-state index in [4.69, 9.17) is 0 Å². The topological polar surface area (TPSA) is 92.7 Å². The van der Waals surface area contributed by atoms with E-state index in [2.05, 4.69) is 20.4 Å². The molecule has 3 rings (SSSR count). The average Bonchev–Trinajstić information content (AvgIpc) is 2.86. The molecule has 0 saturated heterocycles. The SMILES string of the molecule is Cc1cc(C)n(-c2ccc(NC(=O)c3ccc(C)[nH]c3=O)cn2)n1. The van der Waals surface area contributed by atoms with Crippen LogP contribution in [0.3, 0.4) is 0 Å². The van der Waals surface area contributed by atoms with Gasteiger partial charge in [-0.05, 0) is 51.1 Å². The molecule has 0 spiro atoms. The Morgan fingerprint density at radius 1 is 1.17 bits per heavy atom. The molecule has 0 unspecified atom stereocenters. The number of H-pyrrole nitrogens is 1. The van der Waals surface area contributed by atoms with Gasteiger partial charge in [0.15, 0.2) is 5.82 Å². The van der Waals surface area contributed by atoms with Gasteiger partial charge >= 0.3 is 0 Å². The molecule has 0 atom stereocenters. The summed E-state index contributed by atoms with van der Waals surface area (Å²) >= 11 is 0. The number of amides is 1. The molecule has 24 heavy (non-hydrogen) atoms. The van der Waals surface area contributed by atoms with Gasteiger partial charge in [-0.25, -0.2) is 9.67 Å². The zero-order valence-electron chi connectivity index (χ0n) is 13.6. The van der Waals surface area contributed by atoms with Crippen LogP contribution in [0.1, 0.15) is 27.4 Å². The van der Waals surface area contributed by atoms with E-state index < -0.39 is 11.5 Å². The number of carbonyl (C=O) groups excluding carboxylic acids is 1. The van der Waals surface area contributed by atoms with Crippen molar-refractivity contribution in [3.63, 3.8) is 0 Å². The first kappa shape index (κ1) is 15.7. The lowest BCUT2D eigenvalue weighted by Gasteiger charge is -2.07. The minimum atomic E-state index is -0.475. The first-order valence-corrected chi connectivity index (χ1v) is 7.45. The quantitative estimate of drug-likeness (QED) is 0.772. The summed E-state index contributed by atoms with van der Waals surface area (Å²) < 4.78 is 1.73. The lowest BCUT2D eigenvalue weighted by Crippen LogP contribution is -2.23. The highest BCUT2D eigenvalue weighted by Gasteiger charge is 2.11. The van der Waals surface area contributed by atoms with Gasteiger partial charge in [0.1, 0.15) is 5.56 Å². The summed E-state index contributed by atoms with van der Waals surface area (Å²) in [6, 6.07) is 8.62. The van der Waals surface area contributed by atoms with Gasteiger partial charge in [-0.1, -0.05) is 0 Å². The molecule has 7 nitrogen and oxygen atoms in total. The molecule has 0 aliphatic rings. The molecule has 0 aliphatic heterocycles. The largest absolute Gasteiger partial charge is 0.326 e. The van der Waals surface area contributed by atoms with Crippen molar-refractivity contribution in [2.75, 3.05) is 5.32 Å². The van der Waals surface area contributed by atoms with Crippen LogP contribution < -0.4 is 10.9 Å². The van der Waals surface area contributed by atoms with Gasteiger partial charge in [0.05, 0.1) is 17.6 Å². The standard InChI is InChI=1S/C17H17N5O2/c1-10-4-6-14(16(23)19-10)17(24)20-13-5-7-15(18-9-13)22-12(3)8-11(2)21-22/h4-9H,1-3H3,(H,19,23)(H,20,24). The van der Waals surface area contributed by atoms with Crippen LogP contribution in [0.15, 0.2) is 41.3 Å². The van der Waals surface area contributed by atoms with Gasteiger partial charge in [0, 0.05) is 11.4 Å². The first-order valence-electron chi connectivity index (χ1n) is 7.45. The molecule has 0 saturated carbocycles. The van der Waals surface area contributed by atoms with Gasteiger partial charge in [0.25, 0.3) is 11.5 Å². The molecule has 3 aromatic heterocycles. The van der Waals surface area contributed by atoms with Crippen LogP contribution >= 0.6 is 0 Å². The third-order valence-corrected chi connectivity index (χ3v) is 3.53. The van der Waals surface area contributed by atoms with E-state index in [1.165, 1.54) is 12.3 Å². The van der Waals surface area contributed by atoms with Crippen molar-refractivity contribution in [2.45, 2.75) is 20.8 Å². The Labute approximate surface area is 138 Å². The molecule has 0 fully saturated rings. The molecule has 2 N–H and O–H groups in total. The Hall–Kier alpha value is -3.22. The Kier molecular flexibility index (Phi) is 3.99. The summed E-state index contributed by atoms with van der Waals surface area (Å²) in [4.78, 5) is 30.9. The minimum Gasteiger partial charge on any atom is -0.326 e. The average molecular weight is 323 g/mol. The second-order valence-corrected chi connectivity index (χ2v) is 5.58. The number of rotatable bonds is 3. The summed E-state index contributed by atoms with van der Waals surface area (Å²) in [6.07, 6.45) is 1.53. The summed E-state index contributed by atoms with van der Waals surface area (Å²) in [5.74, 6) is 0.184. The lowest BCUT2D eigenvalue weighted by molar-refractivity contribution is 0.102. The van der Waals surface area contributed by atoms with Gasteiger partial charge in [0.2, 0.25) is 0 Å². The Bertz CT molecular complexity index is 954. The predicted molar refractivity (Wildman–Crippen MR) is 90.6 cm³/mol. The van der Waals surface area contributed by atoms with Crippen molar-refractivity contribution in [3.8, 4) is 5.82 Å². The van der Waals surface area contributed by atoms with Crippen molar-refractivity contribution in [1.82, 2.24) is 19.7 Å². The maximum Gasteiger partial charge on any atom is 0.261 e. The fourth-order valence-corrected chi connectivity index (χ4v) is 2.40. The zero-order valence-corrected chi connectivity index (χ0v) is 13.6. The van der Waals surface area contributed by atoms with Crippen LogP contribution in [-0.4, -0.2) is 25.7 Å². The fourth-order valence-electron chi connectivity index (χ4n) is 2.40. The van der Waals surface area contributed by atoms with Gasteiger partial charge in [-0.2, -0.15) is 5.10 Å². The second kappa shape index (κ2) is 6.11. The minimum absolute atomic E-state index is 0.0585. The highest BCUT2D eigenvalue weighted by Crippen LogP contribution is 2.13. The number of nitrogens with one attached hydrogen (secondary N) is 2. The van der Waals surface area contributed by atoms with Gasteiger partial charge in [-0.3, -0.25) is 9.59 Å². The highest BCUT2D eigenvalue weighted by molar-refractivity contribution is 6.03. The Morgan fingerprint density at radius 3 is 2.54 bits per heavy atom. The Balaban J connectivity index is 1.80. The van der Waals surface area contributed by atoms with Crippen molar-refractivity contribution in [2.24, 2.45) is 0 Å². The molecular formula is C17H17N5O2. The summed E-state index contributed by atoms with van der Waals surface area (Å²) in [7, 11) is 0. The number of nitrogens with zero attached hydrogens (tertiary/aromatic N) is 3. The monoisotopic (exact) mass is 323 g/mol. The summed E-state index contributed by atoms with van der Waals surface area (Å²) in [6.45, 7) is 5.61. The number of pyridine rings is 2. The van der Waals surface area contributed by atoms with Gasteiger partial charge < -0.3 is 10.3 Å². The molecule has 122 valence electrons. The summed E-state index contributed by atoms with van der Waals surface area (Å²) in [5.41, 5.74) is 2.73. The molecule has 1 amide bonds. The van der Waals surface area contributed by atoms with Crippen LogP contribution in [0.2, 0.25) is 0 Å². The van der Waals surface area contributed by atoms with E-state index in [9.17, 15) is 9.59 Å². The van der Waals surface area contributed by atoms with Gasteiger partial charge in [-0.15, -0.1) is 0 Å².